The van der Waals surface area contributed by atoms with Gasteiger partial charge in [-0.1, -0.05) is 26.7 Å². The zero-order valence-electron chi connectivity index (χ0n) is 13.1. The summed E-state index contributed by atoms with van der Waals surface area (Å²) in [6, 6.07) is 0.212. The van der Waals surface area contributed by atoms with Crippen molar-refractivity contribution in [3.63, 3.8) is 0 Å². The van der Waals surface area contributed by atoms with Crippen LogP contribution in [0.15, 0.2) is 0 Å². The molecule has 2 fully saturated rings. The van der Waals surface area contributed by atoms with Gasteiger partial charge < -0.3 is 15.4 Å². The van der Waals surface area contributed by atoms with E-state index in [4.69, 9.17) is 0 Å². The lowest BCUT2D eigenvalue weighted by molar-refractivity contribution is -0.117. The third-order valence-electron chi connectivity index (χ3n) is 3.61. The zero-order chi connectivity index (χ0) is 15.2. The molecule has 2 amide bonds. The average molecular weight is 300 g/mol. The molecule has 2 aliphatic rings. The van der Waals surface area contributed by atoms with E-state index >= 15 is 0 Å². The minimum atomic E-state index is -0.0764. The lowest BCUT2D eigenvalue weighted by Crippen LogP contribution is -2.47. The molecule has 0 unspecified atom stereocenters. The summed E-state index contributed by atoms with van der Waals surface area (Å²) in [5.41, 5.74) is -0.0764. The van der Waals surface area contributed by atoms with Gasteiger partial charge in [-0.15, -0.1) is 0 Å². The molecule has 0 aromatic heterocycles. The first kappa shape index (κ1) is 17.3. The Hall–Kier alpha value is -0.710. The van der Waals surface area contributed by atoms with Crippen LogP contribution in [-0.4, -0.2) is 34.4 Å². The molecule has 0 saturated carbocycles. The van der Waals surface area contributed by atoms with Gasteiger partial charge in [0.1, 0.15) is 5.78 Å². The van der Waals surface area contributed by atoms with Gasteiger partial charge in [-0.3, -0.25) is 0 Å². The number of urea groups is 1. The molecule has 3 atom stereocenters. The summed E-state index contributed by atoms with van der Waals surface area (Å²) in [4.78, 5) is 22.2. The van der Waals surface area contributed by atoms with Crippen molar-refractivity contribution in [1.29, 1.82) is 0 Å². The van der Waals surface area contributed by atoms with Crippen molar-refractivity contribution in [2.24, 2.45) is 0 Å². The number of carbonyl (C=O) groups excluding carboxylic acids is 2. The van der Waals surface area contributed by atoms with Gasteiger partial charge in [-0.05, 0) is 26.7 Å². The maximum atomic E-state index is 11.4. The Balaban J connectivity index is 0.000000612. The minimum Gasteiger partial charge on any atom is -0.332 e. The van der Waals surface area contributed by atoms with Gasteiger partial charge >= 0.3 is 6.03 Å². The predicted molar refractivity (Wildman–Crippen MR) is 85.2 cm³/mol. The molecule has 116 valence electrons. The number of hydrogen-bond donors (Lipinski definition) is 2. The number of amides is 2. The molecule has 0 bridgehead atoms. The molecule has 0 aromatic rings. The minimum absolute atomic E-state index is 0.0356. The molecule has 0 radical (unpaired) electrons. The summed E-state index contributed by atoms with van der Waals surface area (Å²) in [5, 5.41) is 6.52. The fourth-order valence-corrected chi connectivity index (χ4v) is 4.35. The van der Waals surface area contributed by atoms with Crippen LogP contribution >= 0.6 is 11.8 Å². The van der Waals surface area contributed by atoms with Crippen molar-refractivity contribution < 1.29 is 9.59 Å². The van der Waals surface area contributed by atoms with E-state index in [2.05, 4.69) is 31.4 Å². The molecule has 0 aromatic carbocycles. The highest BCUT2D eigenvalue weighted by molar-refractivity contribution is 8.00. The molecule has 2 heterocycles. The molecule has 2 N–H and O–H groups in total. The second kappa shape index (κ2) is 7.91. The molecular weight excluding hydrogens is 272 g/mol. The first-order chi connectivity index (χ1) is 9.42. The molecule has 20 heavy (non-hydrogen) atoms. The number of nitrogens with one attached hydrogen (secondary N) is 2. The Kier molecular flexibility index (Phi) is 6.86. The maximum absolute atomic E-state index is 11.4. The van der Waals surface area contributed by atoms with Gasteiger partial charge in [0, 0.05) is 17.4 Å². The van der Waals surface area contributed by atoms with Crippen LogP contribution in [0.25, 0.3) is 0 Å². The number of rotatable bonds is 5. The quantitative estimate of drug-likeness (QED) is 0.606. The fourth-order valence-electron chi connectivity index (χ4n) is 2.65. The summed E-state index contributed by atoms with van der Waals surface area (Å²) in [6.45, 7) is 8.00. The molecule has 2 aliphatic heterocycles. The third kappa shape index (κ3) is 4.69. The summed E-state index contributed by atoms with van der Waals surface area (Å²) in [5.74, 6) is 1.25. The van der Waals surface area contributed by atoms with Crippen molar-refractivity contribution in [3.05, 3.63) is 0 Å². The maximum Gasteiger partial charge on any atom is 0.315 e. The van der Waals surface area contributed by atoms with E-state index in [0.717, 1.165) is 25.0 Å². The van der Waals surface area contributed by atoms with Crippen LogP contribution in [0.4, 0.5) is 4.79 Å². The van der Waals surface area contributed by atoms with Crippen molar-refractivity contribution in [3.8, 4) is 0 Å². The summed E-state index contributed by atoms with van der Waals surface area (Å²) in [6.07, 6.45) is 5.06. The van der Waals surface area contributed by atoms with Gasteiger partial charge in [0.15, 0.2) is 0 Å². The molecular formula is C15H28N2O2S. The third-order valence-corrected chi connectivity index (χ3v) is 5.31. The molecule has 0 spiro atoms. The Morgan fingerprint density at radius 1 is 1.40 bits per heavy atom. The van der Waals surface area contributed by atoms with Crippen molar-refractivity contribution in [1.82, 2.24) is 10.6 Å². The second-order valence-corrected chi connectivity index (χ2v) is 7.23. The second-order valence-electron chi connectivity index (χ2n) is 6.00. The monoisotopic (exact) mass is 300 g/mol. The van der Waals surface area contributed by atoms with Crippen LogP contribution in [0, 0.1) is 0 Å². The number of hydrogen-bond acceptors (Lipinski definition) is 3. The smallest absolute Gasteiger partial charge is 0.315 e. The van der Waals surface area contributed by atoms with Gasteiger partial charge in [-0.25, -0.2) is 4.79 Å². The van der Waals surface area contributed by atoms with Crippen molar-refractivity contribution in [2.45, 2.75) is 76.6 Å². The molecule has 4 nitrogen and oxygen atoms in total. The van der Waals surface area contributed by atoms with Gasteiger partial charge in [-0.2, -0.15) is 11.8 Å². The number of fused-ring (bicyclic) bond motifs is 1. The Labute approximate surface area is 126 Å². The lowest BCUT2D eigenvalue weighted by atomic mass is 9.92. The normalized spacial score (nSPS) is 30.9. The van der Waals surface area contributed by atoms with E-state index in [0.29, 0.717) is 11.7 Å². The highest BCUT2D eigenvalue weighted by atomic mass is 32.2. The van der Waals surface area contributed by atoms with E-state index in [1.165, 1.54) is 6.42 Å². The van der Waals surface area contributed by atoms with Crippen LogP contribution in [0.1, 0.15) is 59.8 Å². The zero-order valence-corrected chi connectivity index (χ0v) is 13.9. The van der Waals surface area contributed by atoms with Crippen LogP contribution in [-0.2, 0) is 4.79 Å². The Morgan fingerprint density at radius 3 is 2.65 bits per heavy atom. The van der Waals surface area contributed by atoms with Gasteiger partial charge in [0.05, 0.1) is 11.6 Å². The predicted octanol–water partition coefficient (Wildman–Crippen LogP) is 3.11. The standard InChI is InChI=1S/C12H20N2O2S.C3H8/c1-8(15)5-3-4-6-9-10-12(2,7-17-9)14-11(16)13-10;1-3-2/h9-10H,3-7H2,1-2H3,(H2,13,14,16);3H2,1-2H3/t9-,10+,12-;/m0./s1. The first-order valence-electron chi connectivity index (χ1n) is 7.62. The number of Topliss-reactive ketones (excluding diaryl/α,β-unsaturated/α-hetero) is 1. The fraction of sp³-hybridized carbons (Fsp3) is 0.867. The SMILES string of the molecule is CC(=O)CCCC[C@@H]1SC[C@]2(C)NC(=O)N[C@H]12.CCC. The van der Waals surface area contributed by atoms with E-state index in [1.807, 2.05) is 11.8 Å². The Morgan fingerprint density at radius 2 is 2.05 bits per heavy atom. The number of unbranched alkanes of at least 4 members (excludes halogenated alkanes) is 1. The molecule has 5 heteroatoms. The van der Waals surface area contributed by atoms with Crippen LogP contribution in [0.3, 0.4) is 0 Å². The highest BCUT2D eigenvalue weighted by Crippen LogP contribution is 2.39. The van der Waals surface area contributed by atoms with E-state index in [9.17, 15) is 9.59 Å². The van der Waals surface area contributed by atoms with Crippen molar-refractivity contribution in [2.75, 3.05) is 5.75 Å². The average Bonchev–Trinajstić information content (AvgIpc) is 2.79. The summed E-state index contributed by atoms with van der Waals surface area (Å²) in [7, 11) is 0. The van der Waals surface area contributed by atoms with E-state index in [1.54, 1.807) is 6.92 Å². The van der Waals surface area contributed by atoms with Crippen LogP contribution < -0.4 is 10.6 Å². The van der Waals surface area contributed by atoms with E-state index in [-0.39, 0.29) is 23.4 Å². The number of carbonyl (C=O) groups is 2. The van der Waals surface area contributed by atoms with Crippen LogP contribution in [0.2, 0.25) is 0 Å². The highest BCUT2D eigenvalue weighted by Gasteiger charge is 2.51. The number of ketones is 1. The molecule has 0 aliphatic carbocycles. The lowest BCUT2D eigenvalue weighted by Gasteiger charge is -2.23. The van der Waals surface area contributed by atoms with Crippen LogP contribution in [0.5, 0.6) is 0 Å². The van der Waals surface area contributed by atoms with Gasteiger partial charge in [0.25, 0.3) is 0 Å². The summed E-state index contributed by atoms with van der Waals surface area (Å²) >= 11 is 1.93. The molecule has 2 saturated heterocycles. The molecule has 2 rings (SSSR count). The number of thioether (sulfide) groups is 1. The summed E-state index contributed by atoms with van der Waals surface area (Å²) < 4.78 is 0. The first-order valence-corrected chi connectivity index (χ1v) is 8.67. The topological polar surface area (TPSA) is 58.2 Å². The Bertz CT molecular complexity index is 349. The largest absolute Gasteiger partial charge is 0.332 e. The van der Waals surface area contributed by atoms with E-state index < -0.39 is 0 Å². The van der Waals surface area contributed by atoms with Crippen molar-refractivity contribution >= 4 is 23.6 Å². The van der Waals surface area contributed by atoms with Gasteiger partial charge in [0.2, 0.25) is 0 Å².